The molecule has 0 bridgehead atoms. The summed E-state index contributed by atoms with van der Waals surface area (Å²) in [6, 6.07) is 6.14. The third-order valence-electron chi connectivity index (χ3n) is 1.85. The molecular formula is C10H9ClF2O2. The normalized spacial score (nSPS) is 11.2. The molecule has 0 amide bonds. The second-order valence-electron chi connectivity index (χ2n) is 2.96. The molecule has 0 aromatic heterocycles. The van der Waals surface area contributed by atoms with Crippen LogP contribution in [0.1, 0.15) is 5.56 Å². The summed E-state index contributed by atoms with van der Waals surface area (Å²) in [5.74, 6) is -5.10. The minimum absolute atomic E-state index is 0.209. The van der Waals surface area contributed by atoms with Crippen molar-refractivity contribution in [2.75, 3.05) is 7.11 Å². The van der Waals surface area contributed by atoms with Gasteiger partial charge in [-0.05, 0) is 11.6 Å². The molecule has 0 spiro atoms. The largest absolute Gasteiger partial charge is 0.465 e. The molecule has 15 heavy (non-hydrogen) atoms. The molecule has 0 fully saturated rings. The second kappa shape index (κ2) is 4.57. The molecule has 0 saturated carbocycles. The number of rotatable bonds is 3. The van der Waals surface area contributed by atoms with E-state index in [1.165, 1.54) is 12.1 Å². The van der Waals surface area contributed by atoms with E-state index in [1.54, 1.807) is 12.1 Å². The third-order valence-corrected chi connectivity index (χ3v) is 2.22. The van der Waals surface area contributed by atoms with Crippen LogP contribution in [0.25, 0.3) is 0 Å². The molecule has 0 aliphatic rings. The Kier molecular flexibility index (Phi) is 3.63. The van der Waals surface area contributed by atoms with Gasteiger partial charge in [0.15, 0.2) is 0 Å². The van der Waals surface area contributed by atoms with E-state index in [9.17, 15) is 13.6 Å². The highest BCUT2D eigenvalue weighted by Crippen LogP contribution is 2.25. The number of hydrogen-bond donors (Lipinski definition) is 0. The van der Waals surface area contributed by atoms with Crippen molar-refractivity contribution in [1.82, 2.24) is 0 Å². The average molecular weight is 235 g/mol. The summed E-state index contributed by atoms with van der Waals surface area (Å²) in [5.41, 5.74) is 0.217. The minimum Gasteiger partial charge on any atom is -0.465 e. The first-order valence-corrected chi connectivity index (χ1v) is 4.55. The lowest BCUT2D eigenvalue weighted by atomic mass is 10.1. The van der Waals surface area contributed by atoms with Gasteiger partial charge in [-0.15, -0.1) is 0 Å². The van der Waals surface area contributed by atoms with Crippen molar-refractivity contribution >= 4 is 17.6 Å². The molecule has 0 radical (unpaired) electrons. The van der Waals surface area contributed by atoms with Gasteiger partial charge in [-0.3, -0.25) is 0 Å². The van der Waals surface area contributed by atoms with Gasteiger partial charge in [0.1, 0.15) is 0 Å². The lowest BCUT2D eigenvalue weighted by Crippen LogP contribution is -2.32. The maximum Gasteiger partial charge on any atom is 0.377 e. The Morgan fingerprint density at radius 1 is 1.47 bits per heavy atom. The van der Waals surface area contributed by atoms with Crippen LogP contribution in [0.3, 0.4) is 0 Å². The van der Waals surface area contributed by atoms with Crippen molar-refractivity contribution in [2.45, 2.75) is 12.3 Å². The Morgan fingerprint density at radius 3 is 2.60 bits per heavy atom. The van der Waals surface area contributed by atoms with E-state index in [0.717, 1.165) is 7.11 Å². The van der Waals surface area contributed by atoms with E-state index >= 15 is 0 Å². The van der Waals surface area contributed by atoms with Crippen molar-refractivity contribution in [1.29, 1.82) is 0 Å². The molecule has 0 aliphatic heterocycles. The minimum atomic E-state index is -3.54. The van der Waals surface area contributed by atoms with E-state index < -0.39 is 18.3 Å². The molecule has 2 nitrogen and oxygen atoms in total. The van der Waals surface area contributed by atoms with Crippen LogP contribution >= 0.6 is 11.6 Å². The van der Waals surface area contributed by atoms with Crippen LogP contribution < -0.4 is 0 Å². The maximum atomic E-state index is 13.2. The van der Waals surface area contributed by atoms with E-state index in [4.69, 9.17) is 11.6 Å². The summed E-state index contributed by atoms with van der Waals surface area (Å²) >= 11 is 5.69. The number of carbonyl (C=O) groups excluding carboxylic acids is 1. The topological polar surface area (TPSA) is 26.3 Å². The van der Waals surface area contributed by atoms with Gasteiger partial charge in [-0.25, -0.2) is 4.79 Å². The molecule has 1 rings (SSSR count). The Bertz CT molecular complexity index is 366. The predicted octanol–water partition coefficient (Wildman–Crippen LogP) is 2.69. The standard InChI is InChI=1S/C10H9ClF2O2/c1-15-9(14)10(12,13)6-7-4-2-3-5-8(7)11/h2-5H,6H2,1H3. The first kappa shape index (κ1) is 11.9. The van der Waals surface area contributed by atoms with Crippen molar-refractivity contribution in [3.05, 3.63) is 34.9 Å². The predicted molar refractivity (Wildman–Crippen MR) is 52.1 cm³/mol. The number of ether oxygens (including phenoxy) is 1. The molecule has 1 aromatic rings. The van der Waals surface area contributed by atoms with Crippen LogP contribution in [0.15, 0.2) is 24.3 Å². The molecule has 82 valence electrons. The zero-order valence-corrected chi connectivity index (χ0v) is 8.72. The fourth-order valence-corrected chi connectivity index (χ4v) is 1.30. The highest BCUT2D eigenvalue weighted by Gasteiger charge is 2.40. The van der Waals surface area contributed by atoms with Gasteiger partial charge in [0.05, 0.1) is 7.11 Å². The lowest BCUT2D eigenvalue weighted by molar-refractivity contribution is -0.168. The van der Waals surface area contributed by atoms with Gasteiger partial charge in [0.2, 0.25) is 0 Å². The molecule has 0 aliphatic carbocycles. The molecule has 1 aromatic carbocycles. The van der Waals surface area contributed by atoms with Gasteiger partial charge in [-0.1, -0.05) is 29.8 Å². The quantitative estimate of drug-likeness (QED) is 0.752. The first-order chi connectivity index (χ1) is 6.97. The third kappa shape index (κ3) is 2.89. The van der Waals surface area contributed by atoms with Crippen molar-refractivity contribution < 1.29 is 18.3 Å². The van der Waals surface area contributed by atoms with Crippen LogP contribution in [0, 0.1) is 0 Å². The van der Waals surface area contributed by atoms with Crippen molar-refractivity contribution in [3.63, 3.8) is 0 Å². The summed E-state index contributed by atoms with van der Waals surface area (Å²) < 4.78 is 30.3. The molecule has 5 heteroatoms. The Morgan fingerprint density at radius 2 is 2.07 bits per heavy atom. The molecule has 0 N–H and O–H groups in total. The summed E-state index contributed by atoms with van der Waals surface area (Å²) in [5, 5.41) is 0.209. The first-order valence-electron chi connectivity index (χ1n) is 4.17. The summed E-state index contributed by atoms with van der Waals surface area (Å²) in [7, 11) is 0.919. The van der Waals surface area contributed by atoms with Gasteiger partial charge >= 0.3 is 11.9 Å². The van der Waals surface area contributed by atoms with Gasteiger partial charge < -0.3 is 4.74 Å². The second-order valence-corrected chi connectivity index (χ2v) is 3.37. The number of carbonyl (C=O) groups is 1. The zero-order chi connectivity index (χ0) is 11.5. The van der Waals surface area contributed by atoms with Gasteiger partial charge in [0, 0.05) is 11.4 Å². The Balaban J connectivity index is 2.86. The highest BCUT2D eigenvalue weighted by molar-refractivity contribution is 6.31. The van der Waals surface area contributed by atoms with E-state index in [0.29, 0.717) is 0 Å². The molecule has 0 unspecified atom stereocenters. The number of hydrogen-bond acceptors (Lipinski definition) is 2. The summed E-state index contributed by atoms with van der Waals surface area (Å²) in [4.78, 5) is 10.7. The number of methoxy groups -OCH3 is 1. The number of alkyl halides is 2. The van der Waals surface area contributed by atoms with Crippen LogP contribution in [-0.4, -0.2) is 19.0 Å². The fraction of sp³-hybridized carbons (Fsp3) is 0.300. The summed E-state index contributed by atoms with van der Waals surface area (Å²) in [6.45, 7) is 0. The smallest absolute Gasteiger partial charge is 0.377 e. The number of benzene rings is 1. The molecular weight excluding hydrogens is 226 g/mol. The van der Waals surface area contributed by atoms with Crippen molar-refractivity contribution in [3.8, 4) is 0 Å². The number of halogens is 3. The lowest BCUT2D eigenvalue weighted by Gasteiger charge is -2.14. The average Bonchev–Trinajstić information content (AvgIpc) is 2.20. The van der Waals surface area contributed by atoms with E-state index in [1.807, 2.05) is 0 Å². The Labute approximate surface area is 90.8 Å². The fourth-order valence-electron chi connectivity index (χ4n) is 1.10. The number of esters is 1. The van der Waals surface area contributed by atoms with E-state index in [2.05, 4.69) is 4.74 Å². The summed E-state index contributed by atoms with van der Waals surface area (Å²) in [6.07, 6.45) is -0.751. The van der Waals surface area contributed by atoms with Gasteiger partial charge in [-0.2, -0.15) is 8.78 Å². The van der Waals surface area contributed by atoms with E-state index in [-0.39, 0.29) is 10.6 Å². The van der Waals surface area contributed by atoms with Crippen LogP contribution in [0.2, 0.25) is 5.02 Å². The van der Waals surface area contributed by atoms with Crippen molar-refractivity contribution in [2.24, 2.45) is 0 Å². The van der Waals surface area contributed by atoms with Crippen LogP contribution in [0.5, 0.6) is 0 Å². The zero-order valence-electron chi connectivity index (χ0n) is 7.97. The molecule has 0 heterocycles. The Hall–Kier alpha value is -1.16. The maximum absolute atomic E-state index is 13.2. The highest BCUT2D eigenvalue weighted by atomic mass is 35.5. The molecule has 0 saturated heterocycles. The monoisotopic (exact) mass is 234 g/mol. The van der Waals surface area contributed by atoms with Gasteiger partial charge in [0.25, 0.3) is 0 Å². The SMILES string of the molecule is COC(=O)C(F)(F)Cc1ccccc1Cl. The van der Waals surface area contributed by atoms with Crippen LogP contribution in [0.4, 0.5) is 8.78 Å². The molecule has 0 atom stereocenters. The van der Waals surface area contributed by atoms with Crippen LogP contribution in [-0.2, 0) is 16.0 Å².